The van der Waals surface area contributed by atoms with E-state index in [4.69, 9.17) is 11.6 Å². The molecule has 1 aliphatic rings. The average Bonchev–Trinajstić information content (AvgIpc) is 3.32. The van der Waals surface area contributed by atoms with Gasteiger partial charge in [-0.05, 0) is 59.0 Å². The number of amides is 2. The van der Waals surface area contributed by atoms with E-state index in [1.54, 1.807) is 53.7 Å². The average molecular weight is 573 g/mol. The molecule has 7 nitrogen and oxygen atoms in total. The minimum absolute atomic E-state index is 0.0338. The van der Waals surface area contributed by atoms with E-state index in [-0.39, 0.29) is 46.6 Å². The van der Waals surface area contributed by atoms with Crippen LogP contribution in [-0.2, 0) is 29.6 Å². The molecular formula is C31H29ClN4O3S. The van der Waals surface area contributed by atoms with Crippen LogP contribution in [0.3, 0.4) is 0 Å². The molecule has 0 spiro atoms. The Morgan fingerprint density at radius 2 is 1.80 bits per heavy atom. The SMILES string of the molecule is CC(C)(C)c1cc2c(s1)C(=O)N(Cc1ccc(C(=O)Nc3ccccn3)c(Cl)c1)C(Cc1ccccn1)C(=O)C2. The number of fused-ring (bicyclic) bond motifs is 1. The van der Waals surface area contributed by atoms with Gasteiger partial charge in [0.2, 0.25) is 0 Å². The normalized spacial score (nSPS) is 15.5. The van der Waals surface area contributed by atoms with Gasteiger partial charge in [0, 0.05) is 42.4 Å². The molecule has 1 aromatic carbocycles. The molecule has 4 aromatic rings. The summed E-state index contributed by atoms with van der Waals surface area (Å²) in [5.41, 5.74) is 2.37. The van der Waals surface area contributed by atoms with Crippen LogP contribution in [0.1, 0.15) is 62.5 Å². The number of anilines is 1. The highest BCUT2D eigenvalue weighted by Crippen LogP contribution is 2.36. The standard InChI is InChI=1S/C31H29ClN4O3S/c1-31(2,3)26-16-20-15-25(37)24(17-21-8-4-6-12-33-21)36(30(39)28(20)40-26)18-19-10-11-22(23(32)14-19)29(38)35-27-9-5-7-13-34-27/h4-14,16,24H,15,17-18H2,1-3H3,(H,34,35,38). The summed E-state index contributed by atoms with van der Waals surface area (Å²) in [6, 6.07) is 17.1. The van der Waals surface area contributed by atoms with Crippen LogP contribution in [0.4, 0.5) is 5.82 Å². The van der Waals surface area contributed by atoms with E-state index in [1.165, 1.54) is 11.3 Å². The Kier molecular flexibility index (Phi) is 7.83. The molecule has 1 N–H and O–H groups in total. The molecule has 1 aliphatic heterocycles. The molecule has 0 bridgehead atoms. The number of carbonyl (C=O) groups excluding carboxylic acids is 3. The van der Waals surface area contributed by atoms with E-state index < -0.39 is 6.04 Å². The van der Waals surface area contributed by atoms with E-state index in [1.807, 2.05) is 24.3 Å². The maximum Gasteiger partial charge on any atom is 0.265 e. The van der Waals surface area contributed by atoms with Gasteiger partial charge in [-0.15, -0.1) is 11.3 Å². The number of hydrogen-bond donors (Lipinski definition) is 1. The van der Waals surface area contributed by atoms with E-state index in [2.05, 4.69) is 36.1 Å². The van der Waals surface area contributed by atoms with Crippen LogP contribution in [0.5, 0.6) is 0 Å². The number of ketones is 1. The third-order valence-corrected chi connectivity index (χ3v) is 8.69. The zero-order valence-corrected chi connectivity index (χ0v) is 24.1. The molecule has 9 heteroatoms. The summed E-state index contributed by atoms with van der Waals surface area (Å²) >= 11 is 8.00. The molecule has 1 unspecified atom stereocenters. The van der Waals surface area contributed by atoms with Crippen molar-refractivity contribution in [2.45, 2.75) is 51.6 Å². The topological polar surface area (TPSA) is 92.3 Å². The fraction of sp³-hybridized carbons (Fsp3) is 0.258. The molecule has 0 saturated heterocycles. The third-order valence-electron chi connectivity index (χ3n) is 6.78. The predicted octanol–water partition coefficient (Wildman–Crippen LogP) is 6.12. The van der Waals surface area contributed by atoms with Crippen molar-refractivity contribution in [1.29, 1.82) is 0 Å². The van der Waals surface area contributed by atoms with Gasteiger partial charge in [-0.2, -0.15) is 0 Å². The summed E-state index contributed by atoms with van der Waals surface area (Å²) < 4.78 is 0. The van der Waals surface area contributed by atoms with Crippen LogP contribution in [0, 0.1) is 0 Å². The number of carbonyl (C=O) groups is 3. The van der Waals surface area contributed by atoms with Crippen molar-refractivity contribution in [2.24, 2.45) is 0 Å². The van der Waals surface area contributed by atoms with Gasteiger partial charge in [0.15, 0.2) is 5.78 Å². The smallest absolute Gasteiger partial charge is 0.265 e. The van der Waals surface area contributed by atoms with Crippen molar-refractivity contribution in [3.63, 3.8) is 0 Å². The molecule has 2 amide bonds. The Hall–Kier alpha value is -3.88. The monoisotopic (exact) mass is 572 g/mol. The van der Waals surface area contributed by atoms with Gasteiger partial charge in [0.25, 0.3) is 11.8 Å². The zero-order valence-electron chi connectivity index (χ0n) is 22.5. The van der Waals surface area contributed by atoms with Crippen LogP contribution in [-0.4, -0.2) is 38.5 Å². The van der Waals surface area contributed by atoms with Gasteiger partial charge in [-0.25, -0.2) is 4.98 Å². The molecule has 0 aliphatic carbocycles. The summed E-state index contributed by atoms with van der Waals surface area (Å²) in [6.45, 7) is 6.45. The summed E-state index contributed by atoms with van der Waals surface area (Å²) in [7, 11) is 0. The second-order valence-electron chi connectivity index (χ2n) is 10.8. The van der Waals surface area contributed by atoms with Crippen LogP contribution in [0.15, 0.2) is 73.1 Å². The lowest BCUT2D eigenvalue weighted by Crippen LogP contribution is -2.44. The molecule has 0 radical (unpaired) electrons. The molecular weight excluding hydrogens is 544 g/mol. The van der Waals surface area contributed by atoms with E-state index >= 15 is 0 Å². The highest BCUT2D eigenvalue weighted by atomic mass is 35.5. The fourth-order valence-electron chi connectivity index (χ4n) is 4.64. The van der Waals surface area contributed by atoms with Gasteiger partial charge >= 0.3 is 0 Å². The Bertz CT molecular complexity index is 1560. The Morgan fingerprint density at radius 1 is 1.05 bits per heavy atom. The first-order valence-corrected chi connectivity index (χ1v) is 14.2. The Morgan fingerprint density at radius 3 is 2.45 bits per heavy atom. The minimum atomic E-state index is -0.689. The minimum Gasteiger partial charge on any atom is -0.323 e. The number of rotatable bonds is 6. The van der Waals surface area contributed by atoms with Crippen molar-refractivity contribution in [3.8, 4) is 0 Å². The second-order valence-corrected chi connectivity index (χ2v) is 12.3. The summed E-state index contributed by atoms with van der Waals surface area (Å²) in [4.78, 5) is 52.3. The molecule has 1 atom stereocenters. The predicted molar refractivity (Wildman–Crippen MR) is 157 cm³/mol. The lowest BCUT2D eigenvalue weighted by atomic mass is 9.93. The number of aromatic nitrogens is 2. The molecule has 204 valence electrons. The maximum atomic E-state index is 14.1. The van der Waals surface area contributed by atoms with Crippen LogP contribution in [0.2, 0.25) is 5.02 Å². The van der Waals surface area contributed by atoms with Gasteiger partial charge in [-0.3, -0.25) is 19.4 Å². The van der Waals surface area contributed by atoms with Crippen LogP contribution in [0.25, 0.3) is 0 Å². The van der Waals surface area contributed by atoms with E-state index in [0.29, 0.717) is 22.7 Å². The number of benzene rings is 1. The summed E-state index contributed by atoms with van der Waals surface area (Å²) in [5, 5.41) is 2.97. The van der Waals surface area contributed by atoms with Crippen molar-refractivity contribution >= 4 is 46.4 Å². The molecule has 0 saturated carbocycles. The lowest BCUT2D eigenvalue weighted by molar-refractivity contribution is -0.122. The molecule has 40 heavy (non-hydrogen) atoms. The first-order valence-electron chi connectivity index (χ1n) is 13.0. The number of pyridine rings is 2. The lowest BCUT2D eigenvalue weighted by Gasteiger charge is -2.29. The number of nitrogens with zero attached hydrogens (tertiary/aromatic N) is 3. The zero-order chi connectivity index (χ0) is 28.4. The maximum absolute atomic E-state index is 14.1. The highest BCUT2D eigenvalue weighted by Gasteiger charge is 2.38. The Labute approximate surface area is 242 Å². The molecule has 3 aromatic heterocycles. The second kappa shape index (κ2) is 11.3. The first-order chi connectivity index (χ1) is 19.1. The van der Waals surface area contributed by atoms with Crippen molar-refractivity contribution in [3.05, 3.63) is 110 Å². The number of hydrogen-bond acceptors (Lipinski definition) is 6. The number of thiophene rings is 1. The van der Waals surface area contributed by atoms with Gasteiger partial charge in [0.1, 0.15) is 5.82 Å². The van der Waals surface area contributed by atoms with Crippen molar-refractivity contribution in [1.82, 2.24) is 14.9 Å². The number of halogens is 1. The first kappa shape index (κ1) is 27.7. The summed E-state index contributed by atoms with van der Waals surface area (Å²) in [6.07, 6.45) is 3.77. The fourth-order valence-corrected chi connectivity index (χ4v) is 6.13. The van der Waals surface area contributed by atoms with E-state index in [0.717, 1.165) is 16.1 Å². The molecule has 0 fully saturated rings. The van der Waals surface area contributed by atoms with Crippen molar-refractivity contribution < 1.29 is 14.4 Å². The highest BCUT2D eigenvalue weighted by molar-refractivity contribution is 7.14. The van der Waals surface area contributed by atoms with Gasteiger partial charge in [0.05, 0.1) is 21.5 Å². The van der Waals surface area contributed by atoms with Crippen molar-refractivity contribution in [2.75, 3.05) is 5.32 Å². The largest absolute Gasteiger partial charge is 0.323 e. The number of Topliss-reactive ketones (excluding diaryl/α,β-unsaturated/α-hetero) is 1. The van der Waals surface area contributed by atoms with Gasteiger partial charge < -0.3 is 10.2 Å². The van der Waals surface area contributed by atoms with Gasteiger partial charge in [-0.1, -0.05) is 50.6 Å². The van der Waals surface area contributed by atoms with Crippen LogP contribution < -0.4 is 5.32 Å². The number of nitrogens with one attached hydrogen (secondary N) is 1. The molecule has 4 heterocycles. The third kappa shape index (κ3) is 5.98. The summed E-state index contributed by atoms with van der Waals surface area (Å²) in [5.74, 6) is -0.189. The quantitative estimate of drug-likeness (QED) is 0.300. The molecule has 5 rings (SSSR count). The van der Waals surface area contributed by atoms with Crippen LogP contribution >= 0.6 is 22.9 Å². The Balaban J connectivity index is 1.46. The van der Waals surface area contributed by atoms with E-state index in [9.17, 15) is 14.4 Å².